The Morgan fingerprint density at radius 2 is 0.500 bits per heavy atom. The number of rotatable bonds is 12. The summed E-state index contributed by atoms with van der Waals surface area (Å²) in [6.07, 6.45) is 13.1. The average molecular weight is 1150 g/mol. The quantitative estimate of drug-likeness (QED) is 0.0906. The van der Waals surface area contributed by atoms with Gasteiger partial charge in [0.05, 0.1) is 0 Å². The van der Waals surface area contributed by atoms with Gasteiger partial charge in [-0.2, -0.15) is 0 Å². The van der Waals surface area contributed by atoms with E-state index in [1.54, 1.807) is 50.0 Å². The number of thioether (sulfide) groups is 4. The van der Waals surface area contributed by atoms with Crippen LogP contribution in [0.4, 0.5) is 0 Å². The van der Waals surface area contributed by atoms with E-state index < -0.39 is 43.2 Å². The van der Waals surface area contributed by atoms with Crippen molar-refractivity contribution in [2.45, 2.75) is 72.7 Å². The van der Waals surface area contributed by atoms with Gasteiger partial charge in [-0.25, -0.2) is 0 Å². The first kappa shape index (κ1) is 78.1. The smallest absolute Gasteiger partial charge is 0.875 e. The molecule has 2 aromatic heterocycles. The Morgan fingerprint density at radius 3 is 0.581 bits per heavy atom. The molecule has 0 unspecified atom stereocenters. The second-order valence-corrected chi connectivity index (χ2v) is 23.7. The standard InChI is InChI=1S/2C12H14N2O4S3.4C2H6OS.2Mn.2H2O/c2*1-5(15)9(6(2)16)19-11-13-14-12(21-11)20-10(7(3)17)8(4)18;4*1-4(2)3;;;;/h2*15,17H,1-4H3;4*1-2H3;;;2*1H2/q;;;;;;2*+2;;/p-2/b2*9-5+,10-7+;;;;;;;;. The van der Waals surface area contributed by atoms with E-state index in [9.17, 15) is 56.4 Å². The molecule has 0 fully saturated rings. The maximum atomic E-state index is 11.3. The van der Waals surface area contributed by atoms with E-state index in [0.717, 1.165) is 69.7 Å². The van der Waals surface area contributed by atoms with Crippen molar-refractivity contribution in [2.75, 3.05) is 50.0 Å². The number of carbonyl (C=O) groups excluding carboxylic acids is 4. The minimum Gasteiger partial charge on any atom is -0.875 e. The molecule has 0 aliphatic rings. The van der Waals surface area contributed by atoms with E-state index in [1.165, 1.54) is 55.4 Å². The van der Waals surface area contributed by atoms with Crippen molar-refractivity contribution >= 4 is 136 Å². The zero-order chi connectivity index (χ0) is 46.6. The van der Waals surface area contributed by atoms with Gasteiger partial charge in [0, 0.05) is 113 Å². The molecule has 62 heavy (non-hydrogen) atoms. The van der Waals surface area contributed by atoms with Gasteiger partial charge in [-0.05, 0) is 27.7 Å². The number of nitrogens with zero attached hydrogens (tertiary/aromatic N) is 4. The van der Waals surface area contributed by atoms with Crippen molar-refractivity contribution in [2.24, 2.45) is 0 Å². The van der Waals surface area contributed by atoms with Crippen molar-refractivity contribution < 1.29 is 102 Å². The van der Waals surface area contributed by atoms with Crippen LogP contribution < -0.4 is 20.4 Å². The molecule has 2 aromatic rings. The van der Waals surface area contributed by atoms with Crippen LogP contribution in [0.3, 0.4) is 0 Å². The van der Waals surface area contributed by atoms with Crippen LogP contribution in [-0.2, 0) is 107 Å². The van der Waals surface area contributed by atoms with Crippen LogP contribution in [-0.4, -0.2) is 110 Å². The van der Waals surface area contributed by atoms with Crippen molar-refractivity contribution in [3.05, 3.63) is 42.7 Å². The molecular formula is C32H54Mn2N4O14S10+2. The topological polar surface area (TPSA) is 346 Å². The van der Waals surface area contributed by atoms with Gasteiger partial charge < -0.3 is 31.4 Å². The van der Waals surface area contributed by atoms with Crippen molar-refractivity contribution in [3.63, 3.8) is 0 Å². The van der Waals surface area contributed by atoms with Gasteiger partial charge in [0.1, 0.15) is 0 Å². The Hall–Kier alpha value is -1.08. The van der Waals surface area contributed by atoms with Crippen molar-refractivity contribution in [1.29, 1.82) is 0 Å². The molecule has 0 saturated carbocycles. The van der Waals surface area contributed by atoms with E-state index in [-0.39, 0.29) is 111 Å². The van der Waals surface area contributed by atoms with E-state index in [1.807, 2.05) is 0 Å². The molecule has 2 rings (SSSR count). The Balaban J connectivity index is -0.000000111. The van der Waals surface area contributed by atoms with Gasteiger partial charge in [0.15, 0.2) is 40.5 Å². The second kappa shape index (κ2) is 43.8. The van der Waals surface area contributed by atoms with Gasteiger partial charge >= 0.3 is 34.1 Å². The van der Waals surface area contributed by atoms with Crippen LogP contribution in [0.25, 0.3) is 0 Å². The Kier molecular flexibility index (Phi) is 55.2. The molecule has 0 spiro atoms. The summed E-state index contributed by atoms with van der Waals surface area (Å²) in [5.74, 6) is -2.69. The van der Waals surface area contributed by atoms with Gasteiger partial charge in [-0.15, -0.1) is 43.4 Å². The molecule has 2 radical (unpaired) electrons. The molecule has 30 heteroatoms. The molecule has 0 saturated heterocycles. The molecule has 0 aliphatic carbocycles. The largest absolute Gasteiger partial charge is 2.00 e. The fraction of sp³-hybridized carbons (Fsp3) is 0.500. The minimum atomic E-state index is -0.611. The first-order chi connectivity index (χ1) is 26.4. The monoisotopic (exact) mass is 1150 g/mol. The summed E-state index contributed by atoms with van der Waals surface area (Å²) in [4.78, 5) is 45.6. The minimum absolute atomic E-state index is 0. The molecule has 0 aromatic carbocycles. The Labute approximate surface area is 419 Å². The SMILES string of the molecule is CC(=O)/C(Sc1nnc(S/C(C(C)=O)=C(\C)[O-])s1)=C(/C)[O-].CC(=O)/C(Sc1nnc(S/C(C(C)=O)=C(\C)[O-])s1)=C(/C)[O-].CS(C)=O.CS(C)=O.CS(C)=O.CS(C)=O.[Mn+2].[Mn+2].[OH3+].[OH3+]. The summed E-state index contributed by atoms with van der Waals surface area (Å²) in [7, 11) is -2.44. The van der Waals surface area contributed by atoms with Gasteiger partial charge in [-0.1, -0.05) is 97.4 Å². The first-order valence-electron chi connectivity index (χ1n) is 15.3. The van der Waals surface area contributed by atoms with E-state index in [4.69, 9.17) is 0 Å². The fourth-order valence-corrected chi connectivity index (χ4v) is 8.21. The maximum Gasteiger partial charge on any atom is 2.00 e. The Bertz CT molecular complexity index is 1620. The molecule has 0 bridgehead atoms. The zero-order valence-corrected chi connectivity index (χ0v) is 47.2. The second-order valence-electron chi connectivity index (χ2n) is 10.8. The van der Waals surface area contributed by atoms with Crippen LogP contribution >= 0.6 is 69.7 Å². The summed E-state index contributed by atoms with van der Waals surface area (Å²) < 4.78 is 39.8. The van der Waals surface area contributed by atoms with Crippen LogP contribution in [0.1, 0.15) is 55.4 Å². The van der Waals surface area contributed by atoms with Gasteiger partial charge in [0.25, 0.3) is 0 Å². The third-order valence-corrected chi connectivity index (χ3v) is 11.3. The predicted octanol–water partition coefficient (Wildman–Crippen LogP) is 0.298. The maximum absolute atomic E-state index is 11.3. The van der Waals surface area contributed by atoms with Gasteiger partial charge in [0.2, 0.25) is 0 Å². The summed E-state index contributed by atoms with van der Waals surface area (Å²) in [6, 6.07) is 0. The predicted molar refractivity (Wildman–Crippen MR) is 246 cm³/mol. The number of allylic oxidation sites excluding steroid dienone is 8. The summed E-state index contributed by atoms with van der Waals surface area (Å²) >= 11 is 5.98. The summed E-state index contributed by atoms with van der Waals surface area (Å²) in [5, 5.41) is 60.7. The fourth-order valence-electron chi connectivity index (χ4n) is 2.48. The van der Waals surface area contributed by atoms with E-state index >= 15 is 0 Å². The molecule has 18 nitrogen and oxygen atoms in total. The molecule has 2 heterocycles. The molecular weight excluding hydrogens is 1090 g/mol. The van der Waals surface area contributed by atoms with Crippen LogP contribution in [0.15, 0.2) is 60.0 Å². The molecule has 0 atom stereocenters. The van der Waals surface area contributed by atoms with Crippen molar-refractivity contribution in [3.8, 4) is 0 Å². The number of aromatic nitrogens is 4. The molecule has 0 aliphatic heterocycles. The van der Waals surface area contributed by atoms with E-state index in [0.29, 0.717) is 17.4 Å². The summed E-state index contributed by atoms with van der Waals surface area (Å²) in [6.45, 7) is 10.4. The van der Waals surface area contributed by atoms with E-state index in [2.05, 4.69) is 20.4 Å². The molecule has 358 valence electrons. The number of Topliss-reactive ketones (excluding diaryl/α,β-unsaturated/α-hetero) is 4. The number of hydrogen-bond donors (Lipinski definition) is 0. The summed E-state index contributed by atoms with van der Waals surface area (Å²) in [5.41, 5.74) is 0. The van der Waals surface area contributed by atoms with Gasteiger partial charge in [-0.3, -0.25) is 36.0 Å². The molecule has 6 N–H and O–H groups in total. The van der Waals surface area contributed by atoms with Crippen LogP contribution in [0.5, 0.6) is 0 Å². The zero-order valence-electron chi connectivity index (χ0n) is 36.7. The third-order valence-electron chi connectivity index (χ3n) is 4.09. The number of ketones is 4. The number of carbonyl (C=O) groups is 4. The van der Waals surface area contributed by atoms with Crippen LogP contribution in [0, 0.1) is 0 Å². The normalized spacial score (nSPS) is 11.4. The average Bonchev–Trinajstić information content (AvgIpc) is 3.67. The van der Waals surface area contributed by atoms with Crippen molar-refractivity contribution in [1.82, 2.24) is 20.4 Å². The number of hydrogen-bond acceptors (Lipinski definition) is 22. The Morgan fingerprint density at radius 1 is 0.387 bits per heavy atom. The first-order valence-corrected chi connectivity index (χ1v) is 28.1. The third kappa shape index (κ3) is 46.9. The molecule has 0 amide bonds. The van der Waals surface area contributed by atoms with Crippen LogP contribution in [0.2, 0.25) is 0 Å².